The Bertz CT molecular complexity index is 306. The van der Waals surface area contributed by atoms with Gasteiger partial charge in [-0.3, -0.25) is 0 Å². The van der Waals surface area contributed by atoms with Crippen LogP contribution < -0.4 is 5.32 Å². The first-order valence-corrected chi connectivity index (χ1v) is 7.32. The van der Waals surface area contributed by atoms with E-state index >= 15 is 0 Å². The molecule has 1 fully saturated rings. The van der Waals surface area contributed by atoms with Crippen LogP contribution in [0.25, 0.3) is 0 Å². The van der Waals surface area contributed by atoms with Gasteiger partial charge in [-0.1, -0.05) is 13.3 Å². The molecule has 0 radical (unpaired) electrons. The third-order valence-corrected chi connectivity index (χ3v) is 4.68. The first-order chi connectivity index (χ1) is 7.24. The van der Waals surface area contributed by atoms with Gasteiger partial charge in [0.25, 0.3) is 0 Å². The largest absolute Gasteiger partial charge is 0.314 e. The lowest BCUT2D eigenvalue weighted by Crippen LogP contribution is -2.37. The summed E-state index contributed by atoms with van der Waals surface area (Å²) in [7, 11) is 0. The highest BCUT2D eigenvalue weighted by Crippen LogP contribution is 2.24. The van der Waals surface area contributed by atoms with E-state index in [-0.39, 0.29) is 0 Å². The van der Waals surface area contributed by atoms with Crippen molar-refractivity contribution in [3.05, 3.63) is 20.8 Å². The summed E-state index contributed by atoms with van der Waals surface area (Å²) in [4.78, 5) is 1.49. The molecule has 0 spiro atoms. The Kier molecular flexibility index (Phi) is 4.23. The smallest absolute Gasteiger partial charge is 0.0701 e. The first kappa shape index (κ1) is 11.6. The summed E-state index contributed by atoms with van der Waals surface area (Å²) in [6, 6.07) is 5.20. The van der Waals surface area contributed by atoms with Crippen molar-refractivity contribution in [3.8, 4) is 0 Å². The third kappa shape index (κ3) is 3.58. The maximum atomic E-state index is 3.64. The molecule has 0 aliphatic heterocycles. The van der Waals surface area contributed by atoms with Crippen LogP contribution in [0.15, 0.2) is 15.9 Å². The molecule has 1 N–H and O–H groups in total. The molecule has 84 valence electrons. The van der Waals surface area contributed by atoms with Crippen LogP contribution in [0.1, 0.15) is 31.1 Å². The summed E-state index contributed by atoms with van der Waals surface area (Å²) < 4.78 is 1.25. The van der Waals surface area contributed by atoms with Crippen molar-refractivity contribution >= 4 is 27.3 Å². The lowest BCUT2D eigenvalue weighted by Gasteiger charge is -2.28. The summed E-state index contributed by atoms with van der Waals surface area (Å²) in [5.74, 6) is 0.746. The predicted molar refractivity (Wildman–Crippen MR) is 70.5 cm³/mol. The third-order valence-electron chi connectivity index (χ3n) is 3.04. The highest BCUT2D eigenvalue weighted by Gasteiger charge is 2.17. The SMILES string of the molecule is CC(CNC1CCC1)Cc1ccc(Br)s1. The van der Waals surface area contributed by atoms with Gasteiger partial charge in [-0.25, -0.2) is 0 Å². The van der Waals surface area contributed by atoms with E-state index < -0.39 is 0 Å². The van der Waals surface area contributed by atoms with E-state index in [2.05, 4.69) is 40.3 Å². The molecule has 1 aliphatic rings. The summed E-state index contributed by atoms with van der Waals surface area (Å²) in [5.41, 5.74) is 0. The zero-order valence-corrected chi connectivity index (χ0v) is 11.5. The average Bonchev–Trinajstić information content (AvgIpc) is 2.48. The van der Waals surface area contributed by atoms with Crippen LogP contribution in [0.2, 0.25) is 0 Å². The zero-order chi connectivity index (χ0) is 10.7. The predicted octanol–water partition coefficient (Wildman–Crippen LogP) is 3.83. The van der Waals surface area contributed by atoms with E-state index in [1.165, 1.54) is 40.9 Å². The summed E-state index contributed by atoms with van der Waals surface area (Å²) >= 11 is 5.37. The molecule has 0 bridgehead atoms. The topological polar surface area (TPSA) is 12.0 Å². The normalized spacial score (nSPS) is 18.8. The number of thiophene rings is 1. The molecule has 1 saturated carbocycles. The molecule has 2 rings (SSSR count). The van der Waals surface area contributed by atoms with Crippen LogP contribution in [-0.2, 0) is 6.42 Å². The van der Waals surface area contributed by atoms with Crippen molar-refractivity contribution in [2.45, 2.75) is 38.6 Å². The van der Waals surface area contributed by atoms with Crippen molar-refractivity contribution in [1.29, 1.82) is 0 Å². The molecule has 1 nitrogen and oxygen atoms in total. The molecule has 1 aromatic heterocycles. The van der Waals surface area contributed by atoms with Gasteiger partial charge in [-0.15, -0.1) is 11.3 Å². The second kappa shape index (κ2) is 5.46. The minimum Gasteiger partial charge on any atom is -0.314 e. The number of hydrogen-bond donors (Lipinski definition) is 1. The van der Waals surface area contributed by atoms with E-state index in [0.717, 1.165) is 12.0 Å². The summed E-state index contributed by atoms with van der Waals surface area (Å²) in [5, 5.41) is 3.64. The maximum Gasteiger partial charge on any atom is 0.0701 e. The van der Waals surface area contributed by atoms with Gasteiger partial charge in [0.2, 0.25) is 0 Å². The number of nitrogens with one attached hydrogen (secondary N) is 1. The summed E-state index contributed by atoms with van der Waals surface area (Å²) in [6.45, 7) is 3.50. The molecule has 0 amide bonds. The van der Waals surface area contributed by atoms with Gasteiger partial charge in [0.05, 0.1) is 3.79 Å². The van der Waals surface area contributed by atoms with Gasteiger partial charge in [-0.2, -0.15) is 0 Å². The molecule has 1 aromatic rings. The Labute approximate surface area is 104 Å². The average molecular weight is 288 g/mol. The molecule has 1 atom stereocenters. The molecule has 1 heterocycles. The Morgan fingerprint density at radius 2 is 2.33 bits per heavy atom. The van der Waals surface area contributed by atoms with Gasteiger partial charge in [0.1, 0.15) is 0 Å². The standard InChI is InChI=1S/C12H18BrNS/c1-9(8-14-10-3-2-4-10)7-11-5-6-12(13)15-11/h5-6,9-10,14H,2-4,7-8H2,1H3. The fraction of sp³-hybridized carbons (Fsp3) is 0.667. The fourth-order valence-corrected chi connectivity index (χ4v) is 3.50. The summed E-state index contributed by atoms with van der Waals surface area (Å²) in [6.07, 6.45) is 5.40. The Morgan fingerprint density at radius 1 is 1.53 bits per heavy atom. The van der Waals surface area contributed by atoms with Crippen molar-refractivity contribution in [3.63, 3.8) is 0 Å². The zero-order valence-electron chi connectivity index (χ0n) is 9.13. The molecule has 1 aliphatic carbocycles. The van der Waals surface area contributed by atoms with E-state index in [0.29, 0.717) is 0 Å². The molecule has 3 heteroatoms. The first-order valence-electron chi connectivity index (χ1n) is 5.71. The van der Waals surface area contributed by atoms with Crippen molar-refractivity contribution < 1.29 is 0 Å². The maximum absolute atomic E-state index is 3.64. The van der Waals surface area contributed by atoms with Crippen LogP contribution in [0.3, 0.4) is 0 Å². The van der Waals surface area contributed by atoms with Crippen LogP contribution in [0, 0.1) is 5.92 Å². The number of rotatable bonds is 5. The van der Waals surface area contributed by atoms with E-state index in [4.69, 9.17) is 0 Å². The van der Waals surface area contributed by atoms with E-state index in [9.17, 15) is 0 Å². The molecule has 1 unspecified atom stereocenters. The molecular formula is C12H18BrNS. The Hall–Kier alpha value is 0.140. The number of hydrogen-bond acceptors (Lipinski definition) is 2. The van der Waals surface area contributed by atoms with Crippen LogP contribution in [-0.4, -0.2) is 12.6 Å². The highest BCUT2D eigenvalue weighted by atomic mass is 79.9. The second-order valence-electron chi connectivity index (χ2n) is 4.55. The van der Waals surface area contributed by atoms with E-state index in [1.54, 1.807) is 0 Å². The van der Waals surface area contributed by atoms with E-state index in [1.807, 2.05) is 11.3 Å². The Morgan fingerprint density at radius 3 is 2.87 bits per heavy atom. The number of halogens is 1. The van der Waals surface area contributed by atoms with Crippen LogP contribution in [0.5, 0.6) is 0 Å². The lowest BCUT2D eigenvalue weighted by molar-refractivity contribution is 0.321. The van der Waals surface area contributed by atoms with Crippen LogP contribution in [0.4, 0.5) is 0 Å². The highest BCUT2D eigenvalue weighted by molar-refractivity contribution is 9.11. The fourth-order valence-electron chi connectivity index (χ4n) is 1.86. The minimum atomic E-state index is 0.746. The second-order valence-corrected chi connectivity index (χ2v) is 7.10. The van der Waals surface area contributed by atoms with Crippen molar-refractivity contribution in [2.75, 3.05) is 6.54 Å². The molecule has 15 heavy (non-hydrogen) atoms. The van der Waals surface area contributed by atoms with Crippen molar-refractivity contribution in [1.82, 2.24) is 5.32 Å². The van der Waals surface area contributed by atoms with Crippen molar-refractivity contribution in [2.24, 2.45) is 5.92 Å². The van der Waals surface area contributed by atoms with Gasteiger partial charge >= 0.3 is 0 Å². The van der Waals surface area contributed by atoms with Crippen LogP contribution >= 0.6 is 27.3 Å². The molecular weight excluding hydrogens is 270 g/mol. The van der Waals surface area contributed by atoms with Gasteiger partial charge < -0.3 is 5.32 Å². The van der Waals surface area contributed by atoms with Gasteiger partial charge in [0, 0.05) is 10.9 Å². The Balaban J connectivity index is 1.69. The molecule has 0 aromatic carbocycles. The molecule has 0 saturated heterocycles. The minimum absolute atomic E-state index is 0.746. The van der Waals surface area contributed by atoms with Gasteiger partial charge in [0.15, 0.2) is 0 Å². The van der Waals surface area contributed by atoms with Gasteiger partial charge in [-0.05, 0) is 59.8 Å². The lowest BCUT2D eigenvalue weighted by atomic mass is 9.92. The quantitative estimate of drug-likeness (QED) is 0.868. The monoisotopic (exact) mass is 287 g/mol.